The summed E-state index contributed by atoms with van der Waals surface area (Å²) in [5, 5.41) is 0. The molecule has 0 heterocycles. The number of benzene rings is 1. The van der Waals surface area contributed by atoms with Crippen LogP contribution in [0.1, 0.15) is 0 Å². The molecule has 0 radical (unpaired) electrons. The SMILES string of the molecule is C#CCOc1ccc(F)cc1N.Cl. The second-order valence-corrected chi connectivity index (χ2v) is 2.17. The highest BCUT2D eigenvalue weighted by molar-refractivity contribution is 5.85. The van der Waals surface area contributed by atoms with Crippen LogP contribution in [0.25, 0.3) is 0 Å². The average Bonchev–Trinajstić information content (AvgIpc) is 2.03. The molecule has 0 saturated heterocycles. The zero-order chi connectivity index (χ0) is 8.97. The molecule has 0 fully saturated rings. The molecule has 0 bridgehead atoms. The quantitative estimate of drug-likeness (QED) is 0.586. The van der Waals surface area contributed by atoms with E-state index in [9.17, 15) is 4.39 Å². The van der Waals surface area contributed by atoms with E-state index in [-0.39, 0.29) is 30.5 Å². The summed E-state index contributed by atoms with van der Waals surface area (Å²) in [5.41, 5.74) is 5.68. The largest absolute Gasteiger partial charge is 0.479 e. The summed E-state index contributed by atoms with van der Waals surface area (Å²) in [7, 11) is 0. The summed E-state index contributed by atoms with van der Waals surface area (Å²) >= 11 is 0. The highest BCUT2D eigenvalue weighted by Gasteiger charge is 1.99. The van der Waals surface area contributed by atoms with Gasteiger partial charge in [0.15, 0.2) is 0 Å². The molecule has 2 nitrogen and oxygen atoms in total. The van der Waals surface area contributed by atoms with Crippen molar-refractivity contribution in [3.63, 3.8) is 0 Å². The van der Waals surface area contributed by atoms with Gasteiger partial charge in [-0.1, -0.05) is 5.92 Å². The van der Waals surface area contributed by atoms with E-state index in [1.807, 2.05) is 0 Å². The summed E-state index contributed by atoms with van der Waals surface area (Å²) in [6.45, 7) is 0.135. The smallest absolute Gasteiger partial charge is 0.148 e. The van der Waals surface area contributed by atoms with Crippen LogP contribution in [0.15, 0.2) is 18.2 Å². The van der Waals surface area contributed by atoms with Gasteiger partial charge < -0.3 is 10.5 Å². The maximum Gasteiger partial charge on any atom is 0.148 e. The Morgan fingerprint density at radius 3 is 2.77 bits per heavy atom. The Hall–Kier alpha value is -1.40. The van der Waals surface area contributed by atoms with Gasteiger partial charge in [-0.25, -0.2) is 4.39 Å². The Balaban J connectivity index is 0.00000144. The van der Waals surface area contributed by atoms with E-state index < -0.39 is 0 Å². The van der Waals surface area contributed by atoms with Gasteiger partial charge in [-0.3, -0.25) is 0 Å². The van der Waals surface area contributed by atoms with Crippen LogP contribution in [0.4, 0.5) is 10.1 Å². The van der Waals surface area contributed by atoms with Crippen molar-refractivity contribution >= 4 is 18.1 Å². The molecule has 0 atom stereocenters. The predicted molar refractivity (Wildman–Crippen MR) is 52.4 cm³/mol. The molecule has 2 N–H and O–H groups in total. The normalized spacial score (nSPS) is 8.31. The van der Waals surface area contributed by atoms with Crippen LogP contribution >= 0.6 is 12.4 Å². The lowest BCUT2D eigenvalue weighted by atomic mass is 10.3. The summed E-state index contributed by atoms with van der Waals surface area (Å²) in [6, 6.07) is 3.90. The number of nitrogen functional groups attached to an aromatic ring is 1. The van der Waals surface area contributed by atoms with Gasteiger partial charge in [0.05, 0.1) is 5.69 Å². The summed E-state index contributed by atoms with van der Waals surface area (Å²) in [4.78, 5) is 0. The minimum absolute atomic E-state index is 0. The summed E-state index contributed by atoms with van der Waals surface area (Å²) in [6.07, 6.45) is 4.97. The highest BCUT2D eigenvalue weighted by atomic mass is 35.5. The minimum atomic E-state index is -0.388. The van der Waals surface area contributed by atoms with Gasteiger partial charge in [-0.05, 0) is 12.1 Å². The van der Waals surface area contributed by atoms with Crippen molar-refractivity contribution in [1.82, 2.24) is 0 Å². The Bertz CT molecular complexity index is 322. The molecule has 0 aliphatic rings. The van der Waals surface area contributed by atoms with E-state index in [1.54, 1.807) is 0 Å². The van der Waals surface area contributed by atoms with Crippen LogP contribution in [0, 0.1) is 18.2 Å². The van der Waals surface area contributed by atoms with Gasteiger partial charge in [0.2, 0.25) is 0 Å². The van der Waals surface area contributed by atoms with E-state index in [1.165, 1.54) is 18.2 Å². The number of halogens is 2. The molecular formula is C9H9ClFNO. The molecule has 0 aliphatic heterocycles. The van der Waals surface area contributed by atoms with Gasteiger partial charge in [-0.15, -0.1) is 18.8 Å². The van der Waals surface area contributed by atoms with E-state index in [0.29, 0.717) is 5.75 Å². The Labute approximate surface area is 82.3 Å². The third-order valence-electron chi connectivity index (χ3n) is 1.28. The predicted octanol–water partition coefficient (Wildman–Crippen LogP) is 1.84. The molecule has 1 aromatic carbocycles. The second kappa shape index (κ2) is 5.28. The van der Waals surface area contributed by atoms with Gasteiger partial charge in [-0.2, -0.15) is 0 Å². The first-order chi connectivity index (χ1) is 5.74. The first-order valence-electron chi connectivity index (χ1n) is 3.35. The van der Waals surface area contributed by atoms with Crippen molar-refractivity contribution in [3.05, 3.63) is 24.0 Å². The monoisotopic (exact) mass is 201 g/mol. The van der Waals surface area contributed by atoms with Crippen molar-refractivity contribution in [1.29, 1.82) is 0 Å². The standard InChI is InChI=1S/C9H8FNO.ClH/c1-2-5-12-9-4-3-7(10)6-8(9)11;/h1,3-4,6H,5,11H2;1H. The van der Waals surface area contributed by atoms with Crippen LogP contribution in [0.2, 0.25) is 0 Å². The Morgan fingerprint density at radius 2 is 2.23 bits per heavy atom. The molecule has 0 unspecified atom stereocenters. The molecule has 13 heavy (non-hydrogen) atoms. The molecule has 0 saturated carbocycles. The fraction of sp³-hybridized carbons (Fsp3) is 0.111. The molecule has 1 rings (SSSR count). The molecule has 70 valence electrons. The van der Waals surface area contributed by atoms with Crippen molar-refractivity contribution in [2.45, 2.75) is 0 Å². The zero-order valence-corrected chi connectivity index (χ0v) is 7.60. The summed E-state index contributed by atoms with van der Waals surface area (Å²) < 4.78 is 17.5. The van der Waals surface area contributed by atoms with Crippen molar-refractivity contribution < 1.29 is 9.13 Å². The van der Waals surface area contributed by atoms with Gasteiger partial charge in [0.1, 0.15) is 18.2 Å². The first kappa shape index (κ1) is 11.6. The Kier molecular flexibility index (Phi) is 4.71. The van der Waals surface area contributed by atoms with Gasteiger partial charge in [0.25, 0.3) is 0 Å². The highest BCUT2D eigenvalue weighted by Crippen LogP contribution is 2.21. The number of nitrogens with two attached hydrogens (primary N) is 1. The molecule has 0 spiro atoms. The van der Waals surface area contributed by atoms with E-state index in [2.05, 4.69) is 5.92 Å². The number of ether oxygens (including phenoxy) is 1. The molecule has 0 aliphatic carbocycles. The Morgan fingerprint density at radius 1 is 1.54 bits per heavy atom. The maximum absolute atomic E-state index is 12.5. The third-order valence-corrected chi connectivity index (χ3v) is 1.28. The number of hydrogen-bond donors (Lipinski definition) is 1. The van der Waals surface area contributed by atoms with Crippen molar-refractivity contribution in [3.8, 4) is 18.1 Å². The first-order valence-corrected chi connectivity index (χ1v) is 3.35. The van der Waals surface area contributed by atoms with Crippen LogP contribution in [0.3, 0.4) is 0 Å². The fourth-order valence-electron chi connectivity index (χ4n) is 0.770. The number of hydrogen-bond acceptors (Lipinski definition) is 2. The fourth-order valence-corrected chi connectivity index (χ4v) is 0.770. The minimum Gasteiger partial charge on any atom is -0.479 e. The number of rotatable bonds is 2. The molecule has 0 amide bonds. The van der Waals surface area contributed by atoms with Crippen LogP contribution in [-0.4, -0.2) is 6.61 Å². The van der Waals surface area contributed by atoms with E-state index in [0.717, 1.165) is 0 Å². The van der Waals surface area contributed by atoms with Crippen LogP contribution in [-0.2, 0) is 0 Å². The number of terminal acetylenes is 1. The van der Waals surface area contributed by atoms with E-state index in [4.69, 9.17) is 16.9 Å². The van der Waals surface area contributed by atoms with Crippen molar-refractivity contribution in [2.24, 2.45) is 0 Å². The summed E-state index contributed by atoms with van der Waals surface area (Å²) in [5.74, 6) is 2.31. The molecule has 1 aromatic rings. The molecule has 4 heteroatoms. The lowest BCUT2D eigenvalue weighted by Gasteiger charge is -2.04. The molecule has 0 aromatic heterocycles. The molecular weight excluding hydrogens is 193 g/mol. The third kappa shape index (κ3) is 3.22. The van der Waals surface area contributed by atoms with E-state index >= 15 is 0 Å². The van der Waals surface area contributed by atoms with Gasteiger partial charge in [0, 0.05) is 6.07 Å². The lowest BCUT2D eigenvalue weighted by molar-refractivity contribution is 0.371. The maximum atomic E-state index is 12.5. The average molecular weight is 202 g/mol. The second-order valence-electron chi connectivity index (χ2n) is 2.17. The topological polar surface area (TPSA) is 35.2 Å². The van der Waals surface area contributed by atoms with Crippen LogP contribution in [0.5, 0.6) is 5.75 Å². The lowest BCUT2D eigenvalue weighted by Crippen LogP contribution is -1.98. The van der Waals surface area contributed by atoms with Crippen LogP contribution < -0.4 is 10.5 Å². The van der Waals surface area contributed by atoms with Gasteiger partial charge >= 0.3 is 0 Å². The number of anilines is 1. The zero-order valence-electron chi connectivity index (χ0n) is 6.79. The van der Waals surface area contributed by atoms with Crippen molar-refractivity contribution in [2.75, 3.05) is 12.3 Å².